The number of para-hydroxylation sites is 2. The summed E-state index contributed by atoms with van der Waals surface area (Å²) >= 11 is 0. The molecule has 8 heteroatoms. The summed E-state index contributed by atoms with van der Waals surface area (Å²) in [6, 6.07) is 16.5. The monoisotopic (exact) mass is 420 g/mol. The van der Waals surface area contributed by atoms with Gasteiger partial charge in [-0.1, -0.05) is 18.2 Å². The van der Waals surface area contributed by atoms with Gasteiger partial charge in [-0.2, -0.15) is 5.10 Å². The molecule has 31 heavy (non-hydrogen) atoms. The van der Waals surface area contributed by atoms with E-state index >= 15 is 0 Å². The number of benzene rings is 2. The summed E-state index contributed by atoms with van der Waals surface area (Å²) in [5, 5.41) is 6.96. The Hall–Kier alpha value is -3.81. The molecule has 0 saturated heterocycles. The van der Waals surface area contributed by atoms with E-state index < -0.39 is 0 Å². The van der Waals surface area contributed by atoms with Crippen LogP contribution in [0.15, 0.2) is 67.0 Å². The molecule has 160 valence electrons. The number of aromatic nitrogens is 2. The second-order valence-corrected chi connectivity index (χ2v) is 7.06. The average Bonchev–Trinajstić information content (AvgIpc) is 3.31. The topological polar surface area (TPSA) is 85.7 Å². The molecule has 0 bridgehead atoms. The zero-order valence-electron chi connectivity index (χ0n) is 17.1. The highest BCUT2D eigenvalue weighted by Gasteiger charge is 2.23. The molecule has 0 spiro atoms. The van der Waals surface area contributed by atoms with E-state index in [4.69, 9.17) is 9.47 Å². The van der Waals surface area contributed by atoms with Crippen LogP contribution < -0.4 is 19.7 Å². The van der Waals surface area contributed by atoms with Crippen LogP contribution in [0, 0.1) is 0 Å². The van der Waals surface area contributed by atoms with E-state index in [1.165, 1.54) is 0 Å². The van der Waals surface area contributed by atoms with E-state index in [0.717, 1.165) is 5.69 Å². The van der Waals surface area contributed by atoms with E-state index in [1.807, 2.05) is 48.7 Å². The Balaban J connectivity index is 1.26. The molecule has 0 aliphatic carbocycles. The van der Waals surface area contributed by atoms with Crippen LogP contribution in [-0.2, 0) is 16.1 Å². The highest BCUT2D eigenvalue weighted by atomic mass is 16.5. The SMILES string of the molecule is O=C(CCC(=O)N1CCOc2ccccc21)Nc1cccc(OCCn2cccn2)c1. The van der Waals surface area contributed by atoms with Crippen LogP contribution in [0.4, 0.5) is 11.4 Å². The number of carbonyl (C=O) groups excluding carboxylic acids is 2. The number of ether oxygens (including phenoxy) is 2. The van der Waals surface area contributed by atoms with E-state index in [9.17, 15) is 9.59 Å². The molecule has 1 aliphatic heterocycles. The summed E-state index contributed by atoms with van der Waals surface area (Å²) < 4.78 is 13.1. The fourth-order valence-corrected chi connectivity index (χ4v) is 3.36. The number of nitrogens with zero attached hydrogens (tertiary/aromatic N) is 3. The van der Waals surface area contributed by atoms with Crippen LogP contribution in [0.5, 0.6) is 11.5 Å². The number of anilines is 2. The van der Waals surface area contributed by atoms with Crippen molar-refractivity contribution in [2.24, 2.45) is 0 Å². The van der Waals surface area contributed by atoms with E-state index in [1.54, 1.807) is 27.9 Å². The molecule has 3 aromatic rings. The molecule has 1 aromatic heterocycles. The molecule has 0 fully saturated rings. The molecular formula is C23H24N4O4. The summed E-state index contributed by atoms with van der Waals surface area (Å²) in [7, 11) is 0. The highest BCUT2D eigenvalue weighted by molar-refractivity contribution is 5.99. The maximum atomic E-state index is 12.7. The van der Waals surface area contributed by atoms with Gasteiger partial charge in [-0.25, -0.2) is 0 Å². The van der Waals surface area contributed by atoms with Gasteiger partial charge in [0.2, 0.25) is 11.8 Å². The third-order valence-corrected chi connectivity index (χ3v) is 4.86. The minimum Gasteiger partial charge on any atom is -0.492 e. The van der Waals surface area contributed by atoms with Gasteiger partial charge in [0.25, 0.3) is 0 Å². The summed E-state index contributed by atoms with van der Waals surface area (Å²) in [5.41, 5.74) is 1.38. The maximum absolute atomic E-state index is 12.7. The number of fused-ring (bicyclic) bond motifs is 1. The largest absolute Gasteiger partial charge is 0.492 e. The van der Waals surface area contributed by atoms with Gasteiger partial charge in [-0.15, -0.1) is 0 Å². The Labute approximate surface area is 180 Å². The van der Waals surface area contributed by atoms with E-state index in [0.29, 0.717) is 43.5 Å². The van der Waals surface area contributed by atoms with Gasteiger partial charge in [0.05, 0.1) is 18.8 Å². The first-order valence-electron chi connectivity index (χ1n) is 10.2. The Morgan fingerprint density at radius 2 is 2.00 bits per heavy atom. The number of rotatable bonds is 8. The van der Waals surface area contributed by atoms with Crippen molar-refractivity contribution in [1.82, 2.24) is 9.78 Å². The number of carbonyl (C=O) groups is 2. The van der Waals surface area contributed by atoms with Gasteiger partial charge in [-0.05, 0) is 30.3 Å². The average molecular weight is 420 g/mol. The zero-order chi connectivity index (χ0) is 21.5. The quantitative estimate of drug-likeness (QED) is 0.605. The van der Waals surface area contributed by atoms with Crippen molar-refractivity contribution in [2.75, 3.05) is 30.0 Å². The Kier molecular flexibility index (Phi) is 6.47. The first-order chi connectivity index (χ1) is 15.2. The number of hydrogen-bond donors (Lipinski definition) is 1. The first-order valence-corrected chi connectivity index (χ1v) is 10.2. The molecule has 0 unspecified atom stereocenters. The van der Waals surface area contributed by atoms with Gasteiger partial charge >= 0.3 is 0 Å². The highest BCUT2D eigenvalue weighted by Crippen LogP contribution is 2.31. The molecule has 8 nitrogen and oxygen atoms in total. The van der Waals surface area contributed by atoms with Crippen LogP contribution in [0.1, 0.15) is 12.8 Å². The van der Waals surface area contributed by atoms with Crippen LogP contribution >= 0.6 is 0 Å². The predicted octanol–water partition coefficient (Wildman–Crippen LogP) is 3.11. The second kappa shape index (κ2) is 9.80. The molecule has 0 saturated carbocycles. The van der Waals surface area contributed by atoms with Crippen molar-refractivity contribution >= 4 is 23.2 Å². The normalized spacial score (nSPS) is 12.6. The van der Waals surface area contributed by atoms with Gasteiger partial charge in [0, 0.05) is 37.0 Å². The maximum Gasteiger partial charge on any atom is 0.227 e. The second-order valence-electron chi connectivity index (χ2n) is 7.06. The Morgan fingerprint density at radius 3 is 2.87 bits per heavy atom. The third-order valence-electron chi connectivity index (χ3n) is 4.86. The molecule has 1 aliphatic rings. The molecule has 0 atom stereocenters. The number of amides is 2. The first kappa shape index (κ1) is 20.5. The predicted molar refractivity (Wildman–Crippen MR) is 116 cm³/mol. The lowest BCUT2D eigenvalue weighted by Crippen LogP contribution is -2.38. The molecule has 4 rings (SSSR count). The van der Waals surface area contributed by atoms with Gasteiger partial charge in [-0.3, -0.25) is 14.3 Å². The summed E-state index contributed by atoms with van der Waals surface area (Å²) in [5.74, 6) is 1.03. The molecule has 2 amide bonds. The summed E-state index contributed by atoms with van der Waals surface area (Å²) in [6.07, 6.45) is 3.82. The van der Waals surface area contributed by atoms with Crippen LogP contribution in [0.2, 0.25) is 0 Å². The molecule has 2 heterocycles. The smallest absolute Gasteiger partial charge is 0.227 e. The van der Waals surface area contributed by atoms with Crippen LogP contribution in [0.3, 0.4) is 0 Å². The van der Waals surface area contributed by atoms with Crippen molar-refractivity contribution in [3.05, 3.63) is 67.0 Å². The van der Waals surface area contributed by atoms with Crippen molar-refractivity contribution in [2.45, 2.75) is 19.4 Å². The molecule has 1 N–H and O–H groups in total. The lowest BCUT2D eigenvalue weighted by atomic mass is 10.2. The van der Waals surface area contributed by atoms with Crippen LogP contribution in [-0.4, -0.2) is 41.4 Å². The van der Waals surface area contributed by atoms with E-state index in [2.05, 4.69) is 10.4 Å². The minimum absolute atomic E-state index is 0.0957. The lowest BCUT2D eigenvalue weighted by Gasteiger charge is -2.29. The van der Waals surface area contributed by atoms with Crippen molar-refractivity contribution in [3.8, 4) is 11.5 Å². The molecular weight excluding hydrogens is 396 g/mol. The standard InChI is InChI=1S/C23H24N4O4/c28-22(9-10-23(29)27-14-16-31-21-8-2-1-7-20(21)27)25-18-5-3-6-19(17-18)30-15-13-26-12-4-11-24-26/h1-8,11-12,17H,9-10,13-16H2,(H,25,28). The van der Waals surface area contributed by atoms with E-state index in [-0.39, 0.29) is 24.7 Å². The van der Waals surface area contributed by atoms with Gasteiger partial charge in [0.1, 0.15) is 24.7 Å². The molecule has 0 radical (unpaired) electrons. The number of hydrogen-bond acceptors (Lipinski definition) is 5. The summed E-state index contributed by atoms with van der Waals surface area (Å²) in [6.45, 7) is 2.03. The fraction of sp³-hybridized carbons (Fsp3) is 0.261. The third kappa shape index (κ3) is 5.42. The van der Waals surface area contributed by atoms with Gasteiger partial charge < -0.3 is 19.7 Å². The van der Waals surface area contributed by atoms with Crippen molar-refractivity contribution < 1.29 is 19.1 Å². The number of nitrogens with one attached hydrogen (secondary N) is 1. The zero-order valence-corrected chi connectivity index (χ0v) is 17.1. The minimum atomic E-state index is -0.219. The Morgan fingerprint density at radius 1 is 1.10 bits per heavy atom. The summed E-state index contributed by atoms with van der Waals surface area (Å²) in [4.78, 5) is 26.7. The molecule has 2 aromatic carbocycles. The lowest BCUT2D eigenvalue weighted by molar-refractivity contribution is -0.122. The van der Waals surface area contributed by atoms with Crippen LogP contribution in [0.25, 0.3) is 0 Å². The van der Waals surface area contributed by atoms with Crippen molar-refractivity contribution in [1.29, 1.82) is 0 Å². The van der Waals surface area contributed by atoms with Gasteiger partial charge in [0.15, 0.2) is 0 Å². The Bertz CT molecular complexity index is 1040. The van der Waals surface area contributed by atoms with Crippen molar-refractivity contribution in [3.63, 3.8) is 0 Å². The fourth-order valence-electron chi connectivity index (χ4n) is 3.36.